The van der Waals surface area contributed by atoms with Gasteiger partial charge in [-0.1, -0.05) is 58.3 Å². The van der Waals surface area contributed by atoms with Crippen molar-refractivity contribution in [3.8, 4) is 0 Å². The van der Waals surface area contributed by atoms with Gasteiger partial charge in [0.05, 0.1) is 0 Å². The molecule has 1 atom stereocenters. The Balaban J connectivity index is 0.00000441. The number of rotatable bonds is 11. The van der Waals surface area contributed by atoms with Gasteiger partial charge in [0, 0.05) is 13.0 Å². The van der Waals surface area contributed by atoms with Crippen LogP contribution in [0.25, 0.3) is 0 Å². The van der Waals surface area contributed by atoms with Crippen LogP contribution in [-0.2, 0) is 9.59 Å². The second-order valence-corrected chi connectivity index (χ2v) is 6.16. The number of carboxylic acid groups (broad SMARTS) is 1. The van der Waals surface area contributed by atoms with Gasteiger partial charge in [0.2, 0.25) is 5.91 Å². The van der Waals surface area contributed by atoms with Crippen LogP contribution in [0.4, 0.5) is 0 Å². The van der Waals surface area contributed by atoms with Gasteiger partial charge in [0.15, 0.2) is 0 Å². The van der Waals surface area contributed by atoms with Crippen LogP contribution in [0.15, 0.2) is 0 Å². The molecule has 0 aromatic heterocycles. The third-order valence-electron chi connectivity index (χ3n) is 4.35. The van der Waals surface area contributed by atoms with Crippen molar-refractivity contribution in [2.24, 2.45) is 0 Å². The van der Waals surface area contributed by atoms with Crippen LogP contribution < -0.4 is 0 Å². The number of likely N-dealkylation sites (tertiary alicyclic amines) is 1. The third kappa shape index (κ3) is 8.54. The predicted molar refractivity (Wildman–Crippen MR) is 91.4 cm³/mol. The van der Waals surface area contributed by atoms with Crippen molar-refractivity contribution in [3.63, 3.8) is 0 Å². The maximum absolute atomic E-state index is 12.0. The Morgan fingerprint density at radius 3 is 2.09 bits per heavy atom. The van der Waals surface area contributed by atoms with Crippen molar-refractivity contribution >= 4 is 41.4 Å². The molecule has 124 valence electrons. The van der Waals surface area contributed by atoms with Crippen LogP contribution in [0.3, 0.4) is 0 Å². The standard InChI is InChI=1S/C17H31NO3.Na.H/c1-2-3-4-5-6-7-8-9-10-13-16(19)18-14-11-12-15(18)17(20)21;;/h15H,2-14H2,1H3,(H,20,21);;/t15-;;/m1../s1. The van der Waals surface area contributed by atoms with Gasteiger partial charge in [0.25, 0.3) is 0 Å². The van der Waals surface area contributed by atoms with E-state index in [9.17, 15) is 9.59 Å². The van der Waals surface area contributed by atoms with E-state index in [2.05, 4.69) is 6.92 Å². The zero-order chi connectivity index (χ0) is 15.5. The van der Waals surface area contributed by atoms with Gasteiger partial charge < -0.3 is 10.0 Å². The van der Waals surface area contributed by atoms with Crippen molar-refractivity contribution in [1.29, 1.82) is 0 Å². The molecule has 0 aromatic carbocycles. The van der Waals surface area contributed by atoms with Crippen LogP contribution in [0.5, 0.6) is 0 Å². The Morgan fingerprint density at radius 1 is 1.00 bits per heavy atom. The number of nitrogens with zero attached hydrogens (tertiary/aromatic N) is 1. The minimum absolute atomic E-state index is 0. The molecule has 1 rings (SSSR count). The topological polar surface area (TPSA) is 57.6 Å². The molecule has 0 bridgehead atoms. The Kier molecular flexibility index (Phi) is 13.3. The van der Waals surface area contributed by atoms with Crippen molar-refractivity contribution < 1.29 is 14.7 Å². The first kappa shape index (κ1) is 21.9. The van der Waals surface area contributed by atoms with Crippen molar-refractivity contribution in [2.75, 3.05) is 6.54 Å². The van der Waals surface area contributed by atoms with Crippen LogP contribution in [0, 0.1) is 0 Å². The van der Waals surface area contributed by atoms with E-state index < -0.39 is 12.0 Å². The molecule has 0 saturated carbocycles. The van der Waals surface area contributed by atoms with Gasteiger partial charge in [-0.05, 0) is 19.3 Å². The fraction of sp³-hybridized carbons (Fsp3) is 0.882. The number of hydrogen-bond donors (Lipinski definition) is 1. The summed E-state index contributed by atoms with van der Waals surface area (Å²) in [7, 11) is 0. The number of amides is 1. The predicted octanol–water partition coefficient (Wildman–Crippen LogP) is 3.33. The number of hydrogen-bond acceptors (Lipinski definition) is 2. The summed E-state index contributed by atoms with van der Waals surface area (Å²) in [6.07, 6.45) is 13.0. The quantitative estimate of drug-likeness (QED) is 0.469. The summed E-state index contributed by atoms with van der Waals surface area (Å²) < 4.78 is 0. The van der Waals surface area contributed by atoms with E-state index in [1.807, 2.05) is 0 Å². The molecule has 1 saturated heterocycles. The molecule has 1 heterocycles. The molecule has 0 unspecified atom stereocenters. The summed E-state index contributed by atoms with van der Waals surface area (Å²) >= 11 is 0. The molecule has 5 heteroatoms. The molecule has 4 nitrogen and oxygen atoms in total. The Bertz CT molecular complexity index is 323. The molecule has 0 spiro atoms. The fourth-order valence-electron chi connectivity index (χ4n) is 3.05. The first-order chi connectivity index (χ1) is 10.2. The van der Waals surface area contributed by atoms with Crippen LogP contribution in [0.2, 0.25) is 0 Å². The molecule has 0 aromatic rings. The monoisotopic (exact) mass is 321 g/mol. The molecule has 1 aliphatic rings. The van der Waals surface area contributed by atoms with E-state index in [1.165, 1.54) is 44.9 Å². The van der Waals surface area contributed by atoms with E-state index in [-0.39, 0.29) is 35.5 Å². The summed E-state index contributed by atoms with van der Waals surface area (Å²) in [6, 6.07) is -0.573. The molecule has 0 aliphatic carbocycles. The van der Waals surface area contributed by atoms with E-state index in [0.717, 1.165) is 19.3 Å². The molecule has 0 radical (unpaired) electrons. The third-order valence-corrected chi connectivity index (χ3v) is 4.35. The summed E-state index contributed by atoms with van der Waals surface area (Å²) in [5, 5.41) is 9.07. The summed E-state index contributed by atoms with van der Waals surface area (Å²) in [4.78, 5) is 24.6. The number of unbranched alkanes of at least 4 members (excludes halogenated alkanes) is 8. The van der Waals surface area contributed by atoms with E-state index >= 15 is 0 Å². The number of carboxylic acids is 1. The summed E-state index contributed by atoms with van der Waals surface area (Å²) in [6.45, 7) is 2.85. The Hall–Kier alpha value is -0.0600. The van der Waals surface area contributed by atoms with Crippen molar-refractivity contribution in [3.05, 3.63) is 0 Å². The summed E-state index contributed by atoms with van der Waals surface area (Å²) in [5.41, 5.74) is 0. The second kappa shape index (κ2) is 13.4. The van der Waals surface area contributed by atoms with Crippen LogP contribution >= 0.6 is 0 Å². The molecule has 22 heavy (non-hydrogen) atoms. The average Bonchev–Trinajstić information content (AvgIpc) is 2.95. The molecule has 1 amide bonds. The number of carbonyl (C=O) groups excluding carboxylic acids is 1. The molecule has 1 N–H and O–H groups in total. The summed E-state index contributed by atoms with van der Waals surface area (Å²) in [5.74, 6) is -0.823. The van der Waals surface area contributed by atoms with Gasteiger partial charge in [-0.3, -0.25) is 4.79 Å². The van der Waals surface area contributed by atoms with Gasteiger partial charge in [-0.2, -0.15) is 0 Å². The Morgan fingerprint density at radius 2 is 1.55 bits per heavy atom. The average molecular weight is 321 g/mol. The van der Waals surface area contributed by atoms with Crippen molar-refractivity contribution in [1.82, 2.24) is 4.90 Å². The fourth-order valence-corrected chi connectivity index (χ4v) is 3.05. The minimum atomic E-state index is -0.854. The van der Waals surface area contributed by atoms with Crippen molar-refractivity contribution in [2.45, 2.75) is 90.0 Å². The van der Waals surface area contributed by atoms with Crippen LogP contribution in [0.1, 0.15) is 84.0 Å². The van der Waals surface area contributed by atoms with E-state index in [1.54, 1.807) is 4.90 Å². The van der Waals surface area contributed by atoms with Gasteiger partial charge in [-0.25, -0.2) is 4.79 Å². The molecular formula is C17H32NNaO3. The number of aliphatic carboxylic acids is 1. The zero-order valence-electron chi connectivity index (χ0n) is 13.5. The van der Waals surface area contributed by atoms with Gasteiger partial charge >= 0.3 is 35.5 Å². The van der Waals surface area contributed by atoms with Gasteiger partial charge in [-0.15, -0.1) is 0 Å². The first-order valence-corrected chi connectivity index (χ1v) is 8.69. The Labute approximate surface area is 157 Å². The normalized spacial score (nSPS) is 17.3. The van der Waals surface area contributed by atoms with Crippen LogP contribution in [-0.4, -0.2) is 64.0 Å². The molecule has 1 fully saturated rings. The first-order valence-electron chi connectivity index (χ1n) is 8.69. The maximum atomic E-state index is 12.0. The SMILES string of the molecule is CCCCCCCCCCCC(=O)N1CCC[C@@H]1C(=O)O.[NaH]. The number of carbonyl (C=O) groups is 2. The molecule has 1 aliphatic heterocycles. The van der Waals surface area contributed by atoms with E-state index in [0.29, 0.717) is 19.4 Å². The molecular weight excluding hydrogens is 289 g/mol. The zero-order valence-corrected chi connectivity index (χ0v) is 13.5. The second-order valence-electron chi connectivity index (χ2n) is 6.16. The van der Waals surface area contributed by atoms with E-state index in [4.69, 9.17) is 5.11 Å². The van der Waals surface area contributed by atoms with Gasteiger partial charge in [0.1, 0.15) is 6.04 Å².